The predicted molar refractivity (Wildman–Crippen MR) is 131 cm³/mol. The second kappa shape index (κ2) is 8.58. The Morgan fingerprint density at radius 2 is 1.61 bits per heavy atom. The van der Waals surface area contributed by atoms with Crippen molar-refractivity contribution < 1.29 is 4.79 Å². The maximum Gasteiger partial charge on any atom is 0.224 e. The summed E-state index contributed by atoms with van der Waals surface area (Å²) in [5.74, 6) is 0.614. The van der Waals surface area contributed by atoms with Crippen LogP contribution < -0.4 is 10.2 Å². The first-order chi connectivity index (χ1) is 14.8. The van der Waals surface area contributed by atoms with E-state index in [0.29, 0.717) is 5.92 Å². The highest BCUT2D eigenvalue weighted by molar-refractivity contribution is 5.94. The Kier molecular flexibility index (Phi) is 5.86. The van der Waals surface area contributed by atoms with Gasteiger partial charge in [-0.25, -0.2) is 0 Å². The largest absolute Gasteiger partial charge is 0.378 e. The van der Waals surface area contributed by atoms with Crippen molar-refractivity contribution in [2.24, 2.45) is 0 Å². The molecular formula is C28H32N2O. The molecule has 3 heteroatoms. The first-order valence-corrected chi connectivity index (χ1v) is 11.2. The lowest BCUT2D eigenvalue weighted by atomic mass is 9.88. The number of hydrogen-bond acceptors (Lipinski definition) is 2. The molecule has 1 aliphatic heterocycles. The first-order valence-electron chi connectivity index (χ1n) is 11.2. The van der Waals surface area contributed by atoms with Gasteiger partial charge in [-0.3, -0.25) is 4.79 Å². The zero-order valence-electron chi connectivity index (χ0n) is 19.1. The van der Waals surface area contributed by atoms with Gasteiger partial charge in [0.2, 0.25) is 5.91 Å². The number of rotatable bonds is 4. The lowest BCUT2D eigenvalue weighted by molar-refractivity contribution is -0.117. The van der Waals surface area contributed by atoms with Crippen LogP contribution in [0.1, 0.15) is 62.8 Å². The van der Waals surface area contributed by atoms with Crippen molar-refractivity contribution in [1.82, 2.24) is 0 Å². The molecule has 1 unspecified atom stereocenters. The lowest BCUT2D eigenvalue weighted by Crippen LogP contribution is -2.43. The summed E-state index contributed by atoms with van der Waals surface area (Å²) in [6.07, 6.45) is 0.871. The minimum absolute atomic E-state index is 0.0940. The molecule has 1 aliphatic rings. The maximum atomic E-state index is 12.4. The Morgan fingerprint density at radius 3 is 2.23 bits per heavy atom. The van der Waals surface area contributed by atoms with Crippen LogP contribution in [0, 0.1) is 6.92 Å². The summed E-state index contributed by atoms with van der Waals surface area (Å²) in [7, 11) is 0. The van der Waals surface area contributed by atoms with Gasteiger partial charge in [0.1, 0.15) is 0 Å². The van der Waals surface area contributed by atoms with Crippen LogP contribution in [-0.4, -0.2) is 11.9 Å². The molecule has 4 rings (SSSR count). The summed E-state index contributed by atoms with van der Waals surface area (Å²) in [6.45, 7) is 10.3. The number of nitrogens with zero attached hydrogens (tertiary/aromatic N) is 1. The zero-order valence-corrected chi connectivity index (χ0v) is 19.1. The molecule has 160 valence electrons. The van der Waals surface area contributed by atoms with Crippen LogP contribution in [0.5, 0.6) is 0 Å². The minimum Gasteiger partial charge on any atom is -0.378 e. The van der Waals surface area contributed by atoms with Gasteiger partial charge in [-0.1, -0.05) is 61.9 Å². The van der Waals surface area contributed by atoms with Crippen LogP contribution in [0.3, 0.4) is 0 Å². The standard InChI is InChI=1S/C28H32N2O/c1-18(2)22-8-10-23(11-9-22)24-12-15-28-26(17-24)27(16-20(4)30(28)21(5)31)29-25-13-6-19(3)7-14-25/h6-15,17-18,20,27,29H,16H2,1-5H3/t20-,27?/m0/s1. The van der Waals surface area contributed by atoms with Crippen LogP contribution in [0.15, 0.2) is 66.7 Å². The molecule has 1 N–H and O–H groups in total. The van der Waals surface area contributed by atoms with Gasteiger partial charge in [-0.15, -0.1) is 0 Å². The van der Waals surface area contributed by atoms with Crippen molar-refractivity contribution in [2.75, 3.05) is 10.2 Å². The summed E-state index contributed by atoms with van der Waals surface area (Å²) in [6, 6.07) is 24.2. The van der Waals surface area contributed by atoms with Gasteiger partial charge >= 0.3 is 0 Å². The number of aryl methyl sites for hydroxylation is 1. The molecule has 0 bridgehead atoms. The number of anilines is 2. The van der Waals surface area contributed by atoms with E-state index in [9.17, 15) is 4.79 Å². The molecule has 0 aliphatic carbocycles. The molecule has 3 aromatic carbocycles. The van der Waals surface area contributed by atoms with E-state index < -0.39 is 0 Å². The Labute approximate surface area is 186 Å². The summed E-state index contributed by atoms with van der Waals surface area (Å²) < 4.78 is 0. The topological polar surface area (TPSA) is 32.3 Å². The average Bonchev–Trinajstić information content (AvgIpc) is 2.75. The smallest absolute Gasteiger partial charge is 0.224 e. The quantitative estimate of drug-likeness (QED) is 0.496. The molecule has 0 fully saturated rings. The molecule has 3 nitrogen and oxygen atoms in total. The SMILES string of the molecule is CC(=O)N1c2ccc(-c3ccc(C(C)C)cc3)cc2C(Nc2ccc(C)cc2)C[C@@H]1C. The third-order valence-corrected chi connectivity index (χ3v) is 6.32. The van der Waals surface area contributed by atoms with E-state index in [-0.39, 0.29) is 18.0 Å². The molecule has 0 spiro atoms. The van der Waals surface area contributed by atoms with Gasteiger partial charge in [-0.05, 0) is 72.7 Å². The van der Waals surface area contributed by atoms with Crippen molar-refractivity contribution in [3.05, 3.63) is 83.4 Å². The van der Waals surface area contributed by atoms with Gasteiger partial charge in [-0.2, -0.15) is 0 Å². The number of benzene rings is 3. The third kappa shape index (κ3) is 4.36. The van der Waals surface area contributed by atoms with Crippen molar-refractivity contribution in [2.45, 2.75) is 59.0 Å². The number of hydrogen-bond donors (Lipinski definition) is 1. The molecule has 0 saturated carbocycles. The second-order valence-electron chi connectivity index (χ2n) is 9.09. The van der Waals surface area contributed by atoms with Gasteiger partial charge in [0.15, 0.2) is 0 Å². The van der Waals surface area contributed by atoms with Crippen molar-refractivity contribution >= 4 is 17.3 Å². The number of nitrogens with one attached hydrogen (secondary N) is 1. The van der Waals surface area contributed by atoms with Crippen molar-refractivity contribution in [3.63, 3.8) is 0 Å². The third-order valence-electron chi connectivity index (χ3n) is 6.32. The van der Waals surface area contributed by atoms with E-state index in [2.05, 4.69) is 99.7 Å². The molecular weight excluding hydrogens is 380 g/mol. The average molecular weight is 413 g/mol. The molecule has 31 heavy (non-hydrogen) atoms. The van der Waals surface area contributed by atoms with Crippen LogP contribution in [0.4, 0.5) is 11.4 Å². The normalized spacial score (nSPS) is 18.1. The zero-order chi connectivity index (χ0) is 22.1. The number of amides is 1. The van der Waals surface area contributed by atoms with Crippen LogP contribution in [0.25, 0.3) is 11.1 Å². The fraction of sp³-hybridized carbons (Fsp3) is 0.321. The van der Waals surface area contributed by atoms with Crippen LogP contribution >= 0.6 is 0 Å². The number of fused-ring (bicyclic) bond motifs is 1. The minimum atomic E-state index is 0.0940. The van der Waals surface area contributed by atoms with E-state index >= 15 is 0 Å². The summed E-state index contributed by atoms with van der Waals surface area (Å²) in [5.41, 5.74) is 8.28. The Hall–Kier alpha value is -3.07. The fourth-order valence-corrected chi connectivity index (χ4v) is 4.57. The first kappa shape index (κ1) is 21.2. The molecule has 0 saturated heterocycles. The molecule has 1 heterocycles. The summed E-state index contributed by atoms with van der Waals surface area (Å²) in [4.78, 5) is 14.4. The Balaban J connectivity index is 1.74. The molecule has 1 amide bonds. The van der Waals surface area contributed by atoms with E-state index in [1.807, 2.05) is 4.90 Å². The van der Waals surface area contributed by atoms with Crippen molar-refractivity contribution in [1.29, 1.82) is 0 Å². The highest BCUT2D eigenvalue weighted by Gasteiger charge is 2.32. The number of carbonyl (C=O) groups excluding carboxylic acids is 1. The fourth-order valence-electron chi connectivity index (χ4n) is 4.57. The maximum absolute atomic E-state index is 12.4. The van der Waals surface area contributed by atoms with Crippen LogP contribution in [-0.2, 0) is 4.79 Å². The van der Waals surface area contributed by atoms with Crippen LogP contribution in [0.2, 0.25) is 0 Å². The van der Waals surface area contributed by atoms with Gasteiger partial charge < -0.3 is 10.2 Å². The number of carbonyl (C=O) groups is 1. The molecule has 0 radical (unpaired) electrons. The van der Waals surface area contributed by atoms with Gasteiger partial charge in [0, 0.05) is 24.3 Å². The van der Waals surface area contributed by atoms with E-state index in [0.717, 1.165) is 17.8 Å². The molecule has 2 atom stereocenters. The summed E-state index contributed by atoms with van der Waals surface area (Å²) >= 11 is 0. The Bertz CT molecular complexity index is 1070. The summed E-state index contributed by atoms with van der Waals surface area (Å²) in [5, 5.41) is 3.72. The second-order valence-corrected chi connectivity index (χ2v) is 9.09. The lowest BCUT2D eigenvalue weighted by Gasteiger charge is -2.39. The monoisotopic (exact) mass is 412 g/mol. The molecule has 0 aromatic heterocycles. The van der Waals surface area contributed by atoms with Gasteiger partial charge in [0.25, 0.3) is 0 Å². The highest BCUT2D eigenvalue weighted by Crippen LogP contribution is 2.41. The Morgan fingerprint density at radius 1 is 0.968 bits per heavy atom. The highest BCUT2D eigenvalue weighted by atomic mass is 16.2. The van der Waals surface area contributed by atoms with E-state index in [1.165, 1.54) is 27.8 Å². The predicted octanol–water partition coefficient (Wildman–Crippen LogP) is 7.08. The van der Waals surface area contributed by atoms with Gasteiger partial charge in [0.05, 0.1) is 6.04 Å². The molecule has 3 aromatic rings. The van der Waals surface area contributed by atoms with E-state index in [1.54, 1.807) is 6.92 Å². The van der Waals surface area contributed by atoms with E-state index in [4.69, 9.17) is 0 Å². The van der Waals surface area contributed by atoms with Crippen molar-refractivity contribution in [3.8, 4) is 11.1 Å².